The zero-order valence-electron chi connectivity index (χ0n) is 19.2. The molecular weight excluding hydrogens is 400 g/mol. The maximum absolute atomic E-state index is 13.0. The van der Waals surface area contributed by atoms with Crippen molar-refractivity contribution in [3.05, 3.63) is 35.9 Å². The minimum Gasteiger partial charge on any atom is -0.353 e. The summed E-state index contributed by atoms with van der Waals surface area (Å²) in [7, 11) is 0. The molecule has 4 heterocycles. The second-order valence-electron chi connectivity index (χ2n) is 10.6. The first-order valence-electron chi connectivity index (χ1n) is 12.7. The van der Waals surface area contributed by atoms with Crippen molar-refractivity contribution >= 4 is 11.8 Å². The van der Waals surface area contributed by atoms with E-state index >= 15 is 0 Å². The molecule has 2 amide bonds. The Morgan fingerprint density at radius 2 is 1.44 bits per heavy atom. The van der Waals surface area contributed by atoms with Gasteiger partial charge in [0.05, 0.1) is 0 Å². The summed E-state index contributed by atoms with van der Waals surface area (Å²) in [5.74, 6) is 0.491. The summed E-state index contributed by atoms with van der Waals surface area (Å²) in [4.78, 5) is 30.7. The fourth-order valence-electron chi connectivity index (χ4n) is 6.76. The van der Waals surface area contributed by atoms with Gasteiger partial charge in [0.2, 0.25) is 11.8 Å². The summed E-state index contributed by atoms with van der Waals surface area (Å²) in [5.41, 5.74) is 1.26. The average molecular weight is 439 g/mol. The second kappa shape index (κ2) is 9.52. The van der Waals surface area contributed by atoms with E-state index in [2.05, 4.69) is 50.8 Å². The highest BCUT2D eigenvalue weighted by Gasteiger charge is 2.55. The number of hydrogen-bond acceptors (Lipinski definition) is 4. The molecule has 1 aromatic carbocycles. The molecule has 4 saturated heterocycles. The monoisotopic (exact) mass is 438 g/mol. The van der Waals surface area contributed by atoms with Crippen molar-refractivity contribution in [2.75, 3.05) is 39.3 Å². The van der Waals surface area contributed by atoms with Crippen LogP contribution in [0.2, 0.25) is 0 Å². The van der Waals surface area contributed by atoms with Crippen molar-refractivity contribution in [2.24, 2.45) is 5.92 Å². The maximum atomic E-state index is 13.0. The first-order chi connectivity index (χ1) is 15.6. The molecule has 4 aliphatic heterocycles. The quantitative estimate of drug-likeness (QED) is 0.669. The predicted octanol–water partition coefficient (Wildman–Crippen LogP) is 2.29. The van der Waals surface area contributed by atoms with Crippen LogP contribution < -0.4 is 10.6 Å². The number of hydrogen-bond donors (Lipinski definition) is 2. The lowest BCUT2D eigenvalue weighted by molar-refractivity contribution is -0.128. The Bertz CT molecular complexity index is 789. The Kier molecular flexibility index (Phi) is 6.51. The van der Waals surface area contributed by atoms with Crippen molar-refractivity contribution in [1.29, 1.82) is 0 Å². The van der Waals surface area contributed by atoms with Crippen LogP contribution in [0.1, 0.15) is 56.9 Å². The minimum atomic E-state index is -0.0722. The Balaban J connectivity index is 1.23. The average Bonchev–Trinajstić information content (AvgIpc) is 3.20. The topological polar surface area (TPSA) is 64.7 Å². The zero-order valence-corrected chi connectivity index (χ0v) is 19.2. The molecule has 2 N–H and O–H groups in total. The lowest BCUT2D eigenvalue weighted by Gasteiger charge is -2.55. The van der Waals surface area contributed by atoms with Crippen LogP contribution in [0, 0.1) is 5.92 Å². The van der Waals surface area contributed by atoms with Crippen molar-refractivity contribution in [1.82, 2.24) is 20.4 Å². The Hall–Kier alpha value is -1.92. The summed E-state index contributed by atoms with van der Waals surface area (Å²) < 4.78 is 0. The number of carbonyl (C=O) groups is 2. The van der Waals surface area contributed by atoms with E-state index in [0.717, 1.165) is 52.1 Å². The van der Waals surface area contributed by atoms with E-state index in [1.807, 2.05) is 0 Å². The number of nitrogens with one attached hydrogen (secondary N) is 2. The molecule has 0 spiro atoms. The number of carbonyl (C=O) groups excluding carboxylic acids is 2. The summed E-state index contributed by atoms with van der Waals surface area (Å²) in [6.07, 6.45) is 7.66. The van der Waals surface area contributed by atoms with Crippen LogP contribution in [0.5, 0.6) is 0 Å². The molecule has 2 unspecified atom stereocenters. The first-order valence-corrected chi connectivity index (χ1v) is 12.7. The van der Waals surface area contributed by atoms with E-state index in [-0.39, 0.29) is 36.1 Å². The molecule has 0 radical (unpaired) electrons. The van der Waals surface area contributed by atoms with E-state index < -0.39 is 0 Å². The van der Waals surface area contributed by atoms with Gasteiger partial charge in [-0.25, -0.2) is 0 Å². The molecule has 4 bridgehead atoms. The highest BCUT2D eigenvalue weighted by atomic mass is 16.2. The number of benzene rings is 1. The van der Waals surface area contributed by atoms with Gasteiger partial charge in [0.25, 0.3) is 0 Å². The number of fused-ring (bicyclic) bond motifs is 1. The van der Waals surface area contributed by atoms with Crippen LogP contribution in [0.15, 0.2) is 30.3 Å². The molecule has 6 rings (SSSR count). The third-order valence-corrected chi connectivity index (χ3v) is 8.26. The van der Waals surface area contributed by atoms with Crippen LogP contribution in [0.4, 0.5) is 0 Å². The molecule has 5 fully saturated rings. The van der Waals surface area contributed by atoms with Gasteiger partial charge in [-0.1, -0.05) is 56.0 Å². The molecule has 1 saturated carbocycles. The van der Waals surface area contributed by atoms with Crippen LogP contribution in [-0.2, 0) is 15.0 Å². The molecule has 6 nitrogen and oxygen atoms in total. The molecule has 32 heavy (non-hydrogen) atoms. The van der Waals surface area contributed by atoms with Crippen LogP contribution in [0.3, 0.4) is 0 Å². The van der Waals surface area contributed by atoms with Crippen molar-refractivity contribution in [3.63, 3.8) is 0 Å². The molecule has 1 aliphatic carbocycles. The first kappa shape index (κ1) is 21.9. The van der Waals surface area contributed by atoms with E-state index in [0.29, 0.717) is 12.0 Å². The smallest absolute Gasteiger partial charge is 0.220 e. The molecule has 6 heteroatoms. The molecule has 3 atom stereocenters. The SMILES string of the molecule is O=C(CCC(=O)N[C@H]1C2CN3CCN(C2)CC1(c1ccccc1)C3)NC1CCCCCC1. The van der Waals surface area contributed by atoms with Gasteiger partial charge in [0.1, 0.15) is 0 Å². The van der Waals surface area contributed by atoms with Gasteiger partial charge in [-0.15, -0.1) is 0 Å². The van der Waals surface area contributed by atoms with Gasteiger partial charge in [0.15, 0.2) is 0 Å². The zero-order chi connectivity index (χ0) is 22.0. The van der Waals surface area contributed by atoms with Crippen LogP contribution in [0.25, 0.3) is 0 Å². The number of rotatable bonds is 6. The Morgan fingerprint density at radius 1 is 0.844 bits per heavy atom. The standard InChI is InChI=1S/C26H38N4O2/c31-23(27-22-10-6-1-2-7-11-22)12-13-24(32)28-25-20-16-29-14-15-30(17-20)19-26(25,18-29)21-8-4-3-5-9-21/h3-5,8-9,20,22,25H,1-2,6-7,10-19H2,(H,27,31)(H,28,32)/t20?,25-,26?/m0/s1. The normalized spacial score (nSPS) is 34.5. The fraction of sp³-hybridized carbons (Fsp3) is 0.692. The van der Waals surface area contributed by atoms with Crippen molar-refractivity contribution in [3.8, 4) is 0 Å². The van der Waals surface area contributed by atoms with E-state index in [9.17, 15) is 9.59 Å². The highest BCUT2D eigenvalue weighted by molar-refractivity contribution is 5.84. The molecule has 5 aliphatic rings. The van der Waals surface area contributed by atoms with Gasteiger partial charge >= 0.3 is 0 Å². The number of piperidine rings is 2. The van der Waals surface area contributed by atoms with Crippen molar-refractivity contribution < 1.29 is 9.59 Å². The fourth-order valence-corrected chi connectivity index (χ4v) is 6.76. The van der Waals surface area contributed by atoms with Gasteiger partial charge in [0, 0.05) is 75.5 Å². The summed E-state index contributed by atoms with van der Waals surface area (Å²) in [5, 5.41) is 6.60. The molecule has 174 valence electrons. The van der Waals surface area contributed by atoms with E-state index in [4.69, 9.17) is 0 Å². The van der Waals surface area contributed by atoms with Gasteiger partial charge < -0.3 is 20.4 Å². The largest absolute Gasteiger partial charge is 0.353 e. The summed E-state index contributed by atoms with van der Waals surface area (Å²) in [6.45, 7) is 6.34. The van der Waals surface area contributed by atoms with Crippen LogP contribution in [-0.4, -0.2) is 73.0 Å². The molecule has 1 aromatic rings. The van der Waals surface area contributed by atoms with E-state index in [1.165, 1.54) is 31.2 Å². The highest BCUT2D eigenvalue weighted by Crippen LogP contribution is 2.43. The Morgan fingerprint density at radius 3 is 2.06 bits per heavy atom. The third-order valence-electron chi connectivity index (χ3n) is 8.26. The molecular formula is C26H38N4O2. The summed E-state index contributed by atoms with van der Waals surface area (Å²) in [6, 6.07) is 11.2. The number of amides is 2. The van der Waals surface area contributed by atoms with Gasteiger partial charge in [-0.2, -0.15) is 0 Å². The minimum absolute atomic E-state index is 0.0254. The van der Waals surface area contributed by atoms with Gasteiger partial charge in [-0.05, 0) is 18.4 Å². The number of nitrogens with zero attached hydrogens (tertiary/aromatic N) is 2. The maximum Gasteiger partial charge on any atom is 0.220 e. The van der Waals surface area contributed by atoms with Crippen molar-refractivity contribution in [2.45, 2.75) is 68.9 Å². The summed E-state index contributed by atoms with van der Waals surface area (Å²) >= 11 is 0. The predicted molar refractivity (Wildman–Crippen MR) is 125 cm³/mol. The van der Waals surface area contributed by atoms with Crippen LogP contribution >= 0.6 is 0 Å². The van der Waals surface area contributed by atoms with E-state index in [1.54, 1.807) is 0 Å². The lowest BCUT2D eigenvalue weighted by atomic mass is 9.64. The third kappa shape index (κ3) is 4.58. The lowest BCUT2D eigenvalue weighted by Crippen LogP contribution is -2.70. The second-order valence-corrected chi connectivity index (χ2v) is 10.6. The molecule has 0 aromatic heterocycles. The Labute approximate surface area is 192 Å². The van der Waals surface area contributed by atoms with Gasteiger partial charge in [-0.3, -0.25) is 9.59 Å².